The van der Waals surface area contributed by atoms with E-state index in [1.807, 2.05) is 0 Å². The van der Waals surface area contributed by atoms with Gasteiger partial charge in [0.05, 0.1) is 4.90 Å². The van der Waals surface area contributed by atoms with Crippen LogP contribution in [0.5, 0.6) is 0 Å². The van der Waals surface area contributed by atoms with Crippen LogP contribution in [0.2, 0.25) is 5.02 Å². The van der Waals surface area contributed by atoms with Crippen molar-refractivity contribution in [2.45, 2.75) is 44.7 Å². The van der Waals surface area contributed by atoms with Gasteiger partial charge in [-0.3, -0.25) is 9.59 Å². The quantitative estimate of drug-likeness (QED) is 0.595. The van der Waals surface area contributed by atoms with E-state index in [9.17, 15) is 18.0 Å². The summed E-state index contributed by atoms with van der Waals surface area (Å²) in [6.07, 6.45) is -0.994. The van der Waals surface area contributed by atoms with E-state index in [1.165, 1.54) is 31.2 Å². The molecule has 1 fully saturated rings. The monoisotopic (exact) mass is 459 g/mol. The lowest BCUT2D eigenvalue weighted by molar-refractivity contribution is -0.162. The van der Waals surface area contributed by atoms with Gasteiger partial charge >= 0.3 is 5.97 Å². The maximum absolute atomic E-state index is 12.7. The number of nitrogens with one attached hydrogen (secondary N) is 1. The third-order valence-electron chi connectivity index (χ3n) is 5.10. The second-order valence-electron chi connectivity index (χ2n) is 7.64. The van der Waals surface area contributed by atoms with Crippen molar-refractivity contribution in [3.8, 4) is 0 Å². The van der Waals surface area contributed by atoms with Gasteiger partial charge in [0.15, 0.2) is 6.10 Å². The number of carbonyl (C=O) groups is 2. The van der Waals surface area contributed by atoms with Crippen LogP contribution in [0.3, 0.4) is 0 Å². The summed E-state index contributed by atoms with van der Waals surface area (Å²) in [5, 5.41) is 0.404. The first-order chi connectivity index (χ1) is 14.0. The van der Waals surface area contributed by atoms with Gasteiger partial charge in [-0.05, 0) is 43.7 Å². The molecule has 1 aliphatic heterocycles. The van der Waals surface area contributed by atoms with E-state index >= 15 is 0 Å². The zero-order valence-electron chi connectivity index (χ0n) is 17.8. The maximum atomic E-state index is 12.7. The van der Waals surface area contributed by atoms with Gasteiger partial charge in [0.1, 0.15) is 6.04 Å². The van der Waals surface area contributed by atoms with Gasteiger partial charge in [0, 0.05) is 31.2 Å². The molecular weight excluding hydrogens is 430 g/mol. The lowest BCUT2D eigenvalue weighted by atomic mass is 10.1. The Morgan fingerprint density at radius 2 is 1.67 bits per heavy atom. The highest BCUT2D eigenvalue weighted by molar-refractivity contribution is 7.89. The fourth-order valence-electron chi connectivity index (χ4n) is 3.14. The lowest BCUT2D eigenvalue weighted by Gasteiger charge is -2.35. The maximum Gasteiger partial charge on any atom is 0.325 e. The van der Waals surface area contributed by atoms with Gasteiger partial charge in [-0.25, -0.2) is 8.42 Å². The molecule has 1 aromatic rings. The smallest absolute Gasteiger partial charge is 0.325 e. The molecule has 10 heteroatoms. The Hall–Kier alpha value is -1.68. The number of carbonyl (C=O) groups excluding carboxylic acids is 2. The normalized spacial score (nSPS) is 17.6. The Kier molecular flexibility index (Phi) is 8.66. The molecule has 8 nitrogen and oxygen atoms in total. The van der Waals surface area contributed by atoms with E-state index in [0.717, 1.165) is 19.6 Å². The summed E-state index contributed by atoms with van der Waals surface area (Å²) < 4.78 is 33.0. The van der Waals surface area contributed by atoms with Crippen molar-refractivity contribution in [3.05, 3.63) is 29.3 Å². The number of hydrogen-bond acceptors (Lipinski definition) is 6. The van der Waals surface area contributed by atoms with Crippen LogP contribution in [0.4, 0.5) is 0 Å². The molecule has 0 spiro atoms. The van der Waals surface area contributed by atoms with Crippen LogP contribution >= 0.6 is 11.6 Å². The van der Waals surface area contributed by atoms with Gasteiger partial charge in [0.25, 0.3) is 5.91 Å². The number of ether oxygens (including phenoxy) is 1. The van der Waals surface area contributed by atoms with Gasteiger partial charge in [-0.15, -0.1) is 0 Å². The van der Waals surface area contributed by atoms with E-state index < -0.39 is 28.1 Å². The number of sulfonamides is 1. The van der Waals surface area contributed by atoms with E-state index in [0.29, 0.717) is 18.1 Å². The molecule has 168 valence electrons. The lowest BCUT2D eigenvalue weighted by Crippen LogP contribution is -2.52. The van der Waals surface area contributed by atoms with Crippen molar-refractivity contribution in [1.29, 1.82) is 0 Å². The summed E-state index contributed by atoms with van der Waals surface area (Å²) in [6, 6.07) is 4.50. The summed E-state index contributed by atoms with van der Waals surface area (Å²) in [5.41, 5.74) is 0. The second kappa shape index (κ2) is 10.6. The number of amides is 1. The van der Waals surface area contributed by atoms with E-state index in [2.05, 4.69) is 16.5 Å². The van der Waals surface area contributed by atoms with E-state index in [4.69, 9.17) is 16.3 Å². The number of esters is 1. The van der Waals surface area contributed by atoms with Gasteiger partial charge < -0.3 is 14.5 Å². The fourth-order valence-corrected chi connectivity index (χ4v) is 4.60. The topological polar surface area (TPSA) is 96.0 Å². The Labute approximate surface area is 183 Å². The minimum Gasteiger partial charge on any atom is -0.451 e. The number of piperazine rings is 1. The van der Waals surface area contributed by atoms with Crippen LogP contribution in [0, 0.1) is 5.92 Å². The number of halogens is 1. The molecule has 1 heterocycles. The minimum absolute atomic E-state index is 0.0109. The molecular formula is C20H30ClN3O5S. The number of rotatable bonds is 8. The zero-order valence-corrected chi connectivity index (χ0v) is 19.4. The van der Waals surface area contributed by atoms with E-state index in [-0.39, 0.29) is 16.7 Å². The first-order valence-electron chi connectivity index (χ1n) is 10.0. The molecule has 0 aliphatic carbocycles. The minimum atomic E-state index is -3.96. The van der Waals surface area contributed by atoms with Crippen LogP contribution in [-0.2, 0) is 24.3 Å². The number of benzene rings is 1. The molecule has 30 heavy (non-hydrogen) atoms. The molecule has 1 amide bonds. The fraction of sp³-hybridized carbons (Fsp3) is 0.600. The number of likely N-dealkylation sites (N-methyl/N-ethyl adjacent to an activating group) is 1. The SMILES string of the molecule is CCN1CCN(C(=O)[C@@H](C)OC(=O)[C@@H](NS(=O)(=O)c2ccc(Cl)cc2)C(C)C)CC1. The average Bonchev–Trinajstić information content (AvgIpc) is 2.71. The van der Waals surface area contributed by atoms with Crippen molar-refractivity contribution < 1.29 is 22.7 Å². The molecule has 0 aromatic heterocycles. The molecule has 2 rings (SSSR count). The highest BCUT2D eigenvalue weighted by Gasteiger charge is 2.33. The molecule has 2 atom stereocenters. The highest BCUT2D eigenvalue weighted by atomic mass is 35.5. The standard InChI is InChI=1S/C20H30ClN3O5S/c1-5-23-10-12-24(13-11-23)19(25)15(4)29-20(26)18(14(2)3)22-30(27,28)17-8-6-16(21)7-9-17/h6-9,14-15,18,22H,5,10-13H2,1-4H3/t15-,18+/m1/s1. The van der Waals surface area contributed by atoms with Crippen LogP contribution < -0.4 is 4.72 Å². The zero-order chi connectivity index (χ0) is 22.5. The summed E-state index contributed by atoms with van der Waals surface area (Å²) in [4.78, 5) is 29.2. The molecule has 0 bridgehead atoms. The van der Waals surface area contributed by atoms with Gasteiger partial charge in [-0.2, -0.15) is 4.72 Å². The summed E-state index contributed by atoms with van der Waals surface area (Å²) in [7, 11) is -3.96. The molecule has 1 aliphatic rings. The van der Waals surface area contributed by atoms with Crippen LogP contribution in [0.1, 0.15) is 27.7 Å². The Morgan fingerprint density at radius 1 is 1.10 bits per heavy atom. The predicted molar refractivity (Wildman–Crippen MR) is 115 cm³/mol. The van der Waals surface area contributed by atoms with Gasteiger partial charge in [-0.1, -0.05) is 32.4 Å². The Bertz CT molecular complexity index is 837. The summed E-state index contributed by atoms with van der Waals surface area (Å²) in [5.74, 6) is -1.44. The summed E-state index contributed by atoms with van der Waals surface area (Å²) >= 11 is 5.81. The first-order valence-corrected chi connectivity index (χ1v) is 11.9. The summed E-state index contributed by atoms with van der Waals surface area (Å²) in [6.45, 7) is 10.6. The van der Waals surface area contributed by atoms with Crippen LogP contribution in [0.25, 0.3) is 0 Å². The van der Waals surface area contributed by atoms with Crippen molar-refractivity contribution in [3.63, 3.8) is 0 Å². The van der Waals surface area contributed by atoms with Gasteiger partial charge in [0.2, 0.25) is 10.0 Å². The van der Waals surface area contributed by atoms with Crippen molar-refractivity contribution in [2.24, 2.45) is 5.92 Å². The molecule has 0 saturated carbocycles. The third-order valence-corrected chi connectivity index (χ3v) is 6.81. The Balaban J connectivity index is 2.02. The molecule has 0 radical (unpaired) electrons. The average molecular weight is 460 g/mol. The van der Waals surface area contributed by atoms with Crippen molar-refractivity contribution >= 4 is 33.5 Å². The van der Waals surface area contributed by atoms with Crippen LogP contribution in [-0.4, -0.2) is 75.0 Å². The number of hydrogen-bond donors (Lipinski definition) is 1. The second-order valence-corrected chi connectivity index (χ2v) is 9.79. The Morgan fingerprint density at radius 3 is 2.17 bits per heavy atom. The highest BCUT2D eigenvalue weighted by Crippen LogP contribution is 2.17. The molecule has 1 saturated heterocycles. The predicted octanol–water partition coefficient (Wildman–Crippen LogP) is 1.74. The number of nitrogens with zero attached hydrogens (tertiary/aromatic N) is 2. The molecule has 1 N–H and O–H groups in total. The van der Waals surface area contributed by atoms with Crippen molar-refractivity contribution in [2.75, 3.05) is 32.7 Å². The molecule has 0 unspecified atom stereocenters. The van der Waals surface area contributed by atoms with Crippen LogP contribution in [0.15, 0.2) is 29.2 Å². The molecule has 1 aromatic carbocycles. The van der Waals surface area contributed by atoms with E-state index in [1.54, 1.807) is 18.7 Å². The first kappa shape index (κ1) is 24.6. The van der Waals surface area contributed by atoms with Crippen molar-refractivity contribution in [1.82, 2.24) is 14.5 Å². The third kappa shape index (κ3) is 6.41. The largest absolute Gasteiger partial charge is 0.451 e.